The summed E-state index contributed by atoms with van der Waals surface area (Å²) >= 11 is 5.98. The largest absolute Gasteiger partial charge is 0.306 e. The first kappa shape index (κ1) is 13.8. The minimum Gasteiger partial charge on any atom is -0.306 e. The van der Waals surface area contributed by atoms with Crippen molar-refractivity contribution in [1.82, 2.24) is 14.9 Å². The summed E-state index contributed by atoms with van der Waals surface area (Å²) < 4.78 is 0. The predicted octanol–water partition coefficient (Wildman–Crippen LogP) is 3.10. The van der Waals surface area contributed by atoms with E-state index in [0.717, 1.165) is 23.7 Å². The Morgan fingerprint density at radius 2 is 2.11 bits per heavy atom. The molecule has 0 atom stereocenters. The molecule has 0 unspecified atom stereocenters. The standard InChI is InChI=1S/C14H22ClN3/c1-11-14(15)17-13(10-16-11)5-3-4-12-6-8-18(2)9-7-12/h10,12H,3-9H2,1-2H3. The van der Waals surface area contributed by atoms with Crippen molar-refractivity contribution in [2.24, 2.45) is 5.92 Å². The smallest absolute Gasteiger partial charge is 0.150 e. The third-order valence-electron chi connectivity index (χ3n) is 3.83. The lowest BCUT2D eigenvalue weighted by Crippen LogP contribution is -2.30. The SMILES string of the molecule is Cc1ncc(CCCC2CCN(C)CC2)nc1Cl. The molecule has 4 heteroatoms. The zero-order chi connectivity index (χ0) is 13.0. The summed E-state index contributed by atoms with van der Waals surface area (Å²) in [5.74, 6) is 0.898. The molecule has 0 saturated carbocycles. The van der Waals surface area contributed by atoms with E-state index in [0.29, 0.717) is 5.15 Å². The van der Waals surface area contributed by atoms with Gasteiger partial charge in [0.05, 0.1) is 11.4 Å². The molecular formula is C14H22ClN3. The Morgan fingerprint density at radius 1 is 1.39 bits per heavy atom. The van der Waals surface area contributed by atoms with Gasteiger partial charge in [0.2, 0.25) is 0 Å². The molecule has 1 saturated heterocycles. The molecule has 3 nitrogen and oxygen atoms in total. The van der Waals surface area contributed by atoms with E-state index in [-0.39, 0.29) is 0 Å². The molecule has 2 rings (SSSR count). The lowest BCUT2D eigenvalue weighted by molar-refractivity contribution is 0.210. The van der Waals surface area contributed by atoms with Gasteiger partial charge in [0.1, 0.15) is 0 Å². The topological polar surface area (TPSA) is 29.0 Å². The van der Waals surface area contributed by atoms with Gasteiger partial charge in [-0.15, -0.1) is 0 Å². The summed E-state index contributed by atoms with van der Waals surface area (Å²) in [6.45, 7) is 4.39. The molecule has 1 aromatic rings. The Hall–Kier alpha value is -0.670. The second-order valence-electron chi connectivity index (χ2n) is 5.38. The fourth-order valence-electron chi connectivity index (χ4n) is 2.50. The van der Waals surface area contributed by atoms with E-state index >= 15 is 0 Å². The zero-order valence-corrected chi connectivity index (χ0v) is 12.1. The third kappa shape index (κ3) is 3.92. The number of rotatable bonds is 4. The highest BCUT2D eigenvalue weighted by Gasteiger charge is 2.16. The maximum atomic E-state index is 5.98. The summed E-state index contributed by atoms with van der Waals surface area (Å²) in [5, 5.41) is 0.548. The van der Waals surface area contributed by atoms with E-state index in [1.54, 1.807) is 0 Å². The van der Waals surface area contributed by atoms with E-state index in [1.807, 2.05) is 13.1 Å². The molecule has 2 heterocycles. The van der Waals surface area contributed by atoms with Crippen molar-refractivity contribution in [3.05, 3.63) is 22.7 Å². The molecule has 18 heavy (non-hydrogen) atoms. The highest BCUT2D eigenvalue weighted by atomic mass is 35.5. The van der Waals surface area contributed by atoms with Gasteiger partial charge in [-0.25, -0.2) is 4.98 Å². The highest BCUT2D eigenvalue weighted by molar-refractivity contribution is 6.29. The molecule has 1 aliphatic heterocycles. The third-order valence-corrected chi connectivity index (χ3v) is 4.19. The molecule has 0 spiro atoms. The van der Waals surface area contributed by atoms with Crippen molar-refractivity contribution >= 4 is 11.6 Å². The number of piperidine rings is 1. The first-order valence-corrected chi connectivity index (χ1v) is 7.19. The summed E-state index contributed by atoms with van der Waals surface area (Å²) in [5.41, 5.74) is 1.84. The molecule has 0 bridgehead atoms. The Balaban J connectivity index is 1.73. The summed E-state index contributed by atoms with van der Waals surface area (Å²) in [7, 11) is 2.21. The van der Waals surface area contributed by atoms with E-state index < -0.39 is 0 Å². The van der Waals surface area contributed by atoms with Gasteiger partial charge in [-0.2, -0.15) is 0 Å². The van der Waals surface area contributed by atoms with Crippen molar-refractivity contribution in [3.8, 4) is 0 Å². The number of nitrogens with zero attached hydrogens (tertiary/aromatic N) is 3. The molecule has 0 aliphatic carbocycles. The van der Waals surface area contributed by atoms with Gasteiger partial charge in [0.25, 0.3) is 0 Å². The lowest BCUT2D eigenvalue weighted by atomic mass is 9.91. The molecule has 0 amide bonds. The molecule has 1 fully saturated rings. The number of halogens is 1. The summed E-state index contributed by atoms with van der Waals surface area (Å²) in [6, 6.07) is 0. The van der Waals surface area contributed by atoms with Gasteiger partial charge in [0, 0.05) is 6.20 Å². The van der Waals surface area contributed by atoms with Crippen molar-refractivity contribution < 1.29 is 0 Å². The van der Waals surface area contributed by atoms with Gasteiger partial charge in [-0.1, -0.05) is 11.6 Å². The molecular weight excluding hydrogens is 246 g/mol. The van der Waals surface area contributed by atoms with Crippen LogP contribution in [0, 0.1) is 12.8 Å². The van der Waals surface area contributed by atoms with Gasteiger partial charge >= 0.3 is 0 Å². The van der Waals surface area contributed by atoms with Crippen LogP contribution in [0.3, 0.4) is 0 Å². The number of aryl methyl sites for hydroxylation is 2. The average molecular weight is 268 g/mol. The highest BCUT2D eigenvalue weighted by Crippen LogP contribution is 2.22. The van der Waals surface area contributed by atoms with Crippen LogP contribution in [-0.4, -0.2) is 35.0 Å². The van der Waals surface area contributed by atoms with Crippen LogP contribution in [0.15, 0.2) is 6.20 Å². The molecule has 0 N–H and O–H groups in total. The predicted molar refractivity (Wildman–Crippen MR) is 74.9 cm³/mol. The van der Waals surface area contributed by atoms with Crippen LogP contribution >= 0.6 is 11.6 Å². The van der Waals surface area contributed by atoms with Crippen LogP contribution < -0.4 is 0 Å². The second-order valence-corrected chi connectivity index (χ2v) is 5.73. The van der Waals surface area contributed by atoms with Gasteiger partial charge in [0.15, 0.2) is 5.15 Å². The van der Waals surface area contributed by atoms with Crippen molar-refractivity contribution in [2.75, 3.05) is 20.1 Å². The van der Waals surface area contributed by atoms with E-state index in [2.05, 4.69) is 21.9 Å². The van der Waals surface area contributed by atoms with E-state index in [1.165, 1.54) is 38.8 Å². The van der Waals surface area contributed by atoms with Crippen molar-refractivity contribution in [2.45, 2.75) is 39.0 Å². The molecule has 0 radical (unpaired) electrons. The van der Waals surface area contributed by atoms with Crippen LogP contribution in [-0.2, 0) is 6.42 Å². The monoisotopic (exact) mass is 267 g/mol. The number of aromatic nitrogens is 2. The van der Waals surface area contributed by atoms with Crippen molar-refractivity contribution in [1.29, 1.82) is 0 Å². The quantitative estimate of drug-likeness (QED) is 0.839. The van der Waals surface area contributed by atoms with Crippen LogP contribution in [0.5, 0.6) is 0 Å². The Kier molecular flexibility index (Phi) is 4.95. The zero-order valence-electron chi connectivity index (χ0n) is 11.3. The van der Waals surface area contributed by atoms with Gasteiger partial charge in [-0.3, -0.25) is 4.98 Å². The number of hydrogen-bond acceptors (Lipinski definition) is 3. The number of likely N-dealkylation sites (tertiary alicyclic amines) is 1. The minimum absolute atomic E-state index is 0.548. The Labute approximate surface area is 115 Å². The fourth-order valence-corrected chi connectivity index (χ4v) is 2.66. The van der Waals surface area contributed by atoms with Crippen molar-refractivity contribution in [3.63, 3.8) is 0 Å². The first-order chi connectivity index (χ1) is 8.65. The first-order valence-electron chi connectivity index (χ1n) is 6.81. The maximum Gasteiger partial charge on any atom is 0.150 e. The average Bonchev–Trinajstić information content (AvgIpc) is 2.36. The summed E-state index contributed by atoms with van der Waals surface area (Å²) in [4.78, 5) is 11.0. The fraction of sp³-hybridized carbons (Fsp3) is 0.714. The van der Waals surface area contributed by atoms with Gasteiger partial charge < -0.3 is 4.90 Å². The lowest BCUT2D eigenvalue weighted by Gasteiger charge is -2.28. The minimum atomic E-state index is 0.548. The Bertz CT molecular complexity index is 387. The molecule has 100 valence electrons. The van der Waals surface area contributed by atoms with Crippen LogP contribution in [0.25, 0.3) is 0 Å². The maximum absolute atomic E-state index is 5.98. The van der Waals surface area contributed by atoms with Crippen LogP contribution in [0.2, 0.25) is 5.15 Å². The molecule has 0 aromatic carbocycles. The molecule has 1 aliphatic rings. The van der Waals surface area contributed by atoms with E-state index in [9.17, 15) is 0 Å². The van der Waals surface area contributed by atoms with Crippen LogP contribution in [0.1, 0.15) is 37.1 Å². The molecule has 1 aromatic heterocycles. The van der Waals surface area contributed by atoms with Gasteiger partial charge in [-0.05, 0) is 65.1 Å². The normalized spacial score (nSPS) is 18.2. The van der Waals surface area contributed by atoms with E-state index in [4.69, 9.17) is 11.6 Å². The number of hydrogen-bond donors (Lipinski definition) is 0. The van der Waals surface area contributed by atoms with Crippen LogP contribution in [0.4, 0.5) is 0 Å². The Morgan fingerprint density at radius 3 is 2.78 bits per heavy atom. The second kappa shape index (κ2) is 6.48. The summed E-state index contributed by atoms with van der Waals surface area (Å²) in [6.07, 6.45) is 8.05.